The number of amides is 1. The molecule has 7 nitrogen and oxygen atoms in total. The normalized spacial score (nSPS) is 23.2. The number of rotatable bonds is 3. The van der Waals surface area contributed by atoms with Gasteiger partial charge in [-0.1, -0.05) is 0 Å². The topological polar surface area (TPSA) is 90.6 Å². The molecule has 4 rings (SSSR count). The summed E-state index contributed by atoms with van der Waals surface area (Å²) in [4.78, 5) is 18.9. The Morgan fingerprint density at radius 3 is 2.56 bits per heavy atom. The number of carbonyl (C=O) groups excluding carboxylic acids is 1. The summed E-state index contributed by atoms with van der Waals surface area (Å²) in [7, 11) is 0. The standard InChI is InChI=1S/C18H22N4O3/c23-11-12-1-5-14(6-2-12)21-16-9-19-18(22(16)20-10-17(21)25)13-3-7-15(24)8-4-13/h3-4,7-9,12,14,20,23-24H,1-2,5-6,10-11H2/t12-,14+. The molecule has 0 unspecified atom stereocenters. The van der Waals surface area contributed by atoms with E-state index in [0.29, 0.717) is 5.92 Å². The molecule has 1 amide bonds. The average molecular weight is 342 g/mol. The summed E-state index contributed by atoms with van der Waals surface area (Å²) >= 11 is 0. The quantitative estimate of drug-likeness (QED) is 0.790. The van der Waals surface area contributed by atoms with E-state index in [2.05, 4.69) is 10.4 Å². The number of aromatic nitrogens is 2. The first-order valence-electron chi connectivity index (χ1n) is 8.71. The summed E-state index contributed by atoms with van der Waals surface area (Å²) in [6.07, 6.45) is 5.41. The molecule has 1 aliphatic heterocycles. The van der Waals surface area contributed by atoms with Crippen molar-refractivity contribution >= 4 is 11.7 Å². The number of nitrogens with zero attached hydrogens (tertiary/aromatic N) is 3. The van der Waals surface area contributed by atoms with Crippen LogP contribution in [0.4, 0.5) is 5.82 Å². The van der Waals surface area contributed by atoms with Gasteiger partial charge in [0.15, 0.2) is 11.6 Å². The molecule has 2 aliphatic rings. The lowest BCUT2D eigenvalue weighted by atomic mass is 9.85. The molecule has 0 spiro atoms. The van der Waals surface area contributed by atoms with Crippen LogP contribution < -0.4 is 10.3 Å². The number of hydrogen-bond acceptors (Lipinski definition) is 5. The molecule has 0 atom stereocenters. The molecule has 2 heterocycles. The van der Waals surface area contributed by atoms with Gasteiger partial charge in [0.05, 0.1) is 6.20 Å². The summed E-state index contributed by atoms with van der Waals surface area (Å²) in [5.74, 6) is 2.09. The molecular formula is C18H22N4O3. The van der Waals surface area contributed by atoms with Gasteiger partial charge in [-0.3, -0.25) is 9.69 Å². The summed E-state index contributed by atoms with van der Waals surface area (Å²) in [6, 6.07) is 7.01. The van der Waals surface area contributed by atoms with Crippen LogP contribution in [0.1, 0.15) is 25.7 Å². The number of anilines is 1. The van der Waals surface area contributed by atoms with Crippen molar-refractivity contribution in [3.05, 3.63) is 30.5 Å². The van der Waals surface area contributed by atoms with Gasteiger partial charge in [0.2, 0.25) is 5.91 Å². The van der Waals surface area contributed by atoms with Crippen LogP contribution in [-0.4, -0.2) is 45.0 Å². The average Bonchev–Trinajstić information content (AvgIpc) is 3.06. The number of aliphatic hydroxyl groups is 1. The summed E-state index contributed by atoms with van der Waals surface area (Å²) in [6.45, 7) is 0.458. The second-order valence-corrected chi connectivity index (χ2v) is 6.78. The maximum absolute atomic E-state index is 12.5. The summed E-state index contributed by atoms with van der Waals surface area (Å²) < 4.78 is 1.85. The zero-order valence-corrected chi connectivity index (χ0v) is 13.9. The minimum atomic E-state index is 0.0529. The number of phenols is 1. The van der Waals surface area contributed by atoms with E-state index in [-0.39, 0.29) is 30.9 Å². The van der Waals surface area contributed by atoms with Gasteiger partial charge < -0.3 is 15.6 Å². The van der Waals surface area contributed by atoms with Gasteiger partial charge in [0.25, 0.3) is 0 Å². The first kappa shape index (κ1) is 16.0. The third-order valence-corrected chi connectivity index (χ3v) is 5.21. The monoisotopic (exact) mass is 342 g/mol. The molecule has 1 saturated carbocycles. The minimum Gasteiger partial charge on any atom is -0.508 e. The lowest BCUT2D eigenvalue weighted by Gasteiger charge is -2.39. The number of imidazole rings is 1. The van der Waals surface area contributed by atoms with E-state index < -0.39 is 0 Å². The number of hydrogen-bond donors (Lipinski definition) is 3. The number of aliphatic hydroxyl groups excluding tert-OH is 1. The van der Waals surface area contributed by atoms with Gasteiger partial charge in [-0.05, 0) is 55.9 Å². The zero-order chi connectivity index (χ0) is 17.4. The Morgan fingerprint density at radius 1 is 1.16 bits per heavy atom. The van der Waals surface area contributed by atoms with E-state index >= 15 is 0 Å². The highest BCUT2D eigenvalue weighted by atomic mass is 16.3. The fourth-order valence-electron chi connectivity index (χ4n) is 3.82. The van der Waals surface area contributed by atoms with Crippen molar-refractivity contribution in [1.29, 1.82) is 0 Å². The van der Waals surface area contributed by atoms with E-state index in [9.17, 15) is 15.0 Å². The molecule has 132 valence electrons. The largest absolute Gasteiger partial charge is 0.508 e. The molecule has 1 aromatic heterocycles. The number of benzene rings is 1. The molecule has 3 N–H and O–H groups in total. The molecule has 25 heavy (non-hydrogen) atoms. The van der Waals surface area contributed by atoms with E-state index in [1.54, 1.807) is 30.5 Å². The second-order valence-electron chi connectivity index (χ2n) is 6.78. The SMILES string of the molecule is O=C1CNn2c(cnc2-c2ccc(O)cc2)N1[C@H]1CC[C@@H](CO)CC1. The van der Waals surface area contributed by atoms with E-state index in [1.807, 2.05) is 9.58 Å². The van der Waals surface area contributed by atoms with Gasteiger partial charge in [0.1, 0.15) is 12.3 Å². The van der Waals surface area contributed by atoms with Crippen molar-refractivity contribution in [2.75, 3.05) is 23.5 Å². The molecular weight excluding hydrogens is 320 g/mol. The van der Waals surface area contributed by atoms with Crippen LogP contribution in [-0.2, 0) is 4.79 Å². The van der Waals surface area contributed by atoms with E-state index in [4.69, 9.17) is 0 Å². The Balaban J connectivity index is 1.64. The van der Waals surface area contributed by atoms with Gasteiger partial charge in [-0.25, -0.2) is 9.66 Å². The number of aromatic hydroxyl groups is 1. The predicted molar refractivity (Wildman–Crippen MR) is 93.9 cm³/mol. The Bertz CT molecular complexity index is 763. The minimum absolute atomic E-state index is 0.0529. The first-order valence-corrected chi connectivity index (χ1v) is 8.71. The zero-order valence-electron chi connectivity index (χ0n) is 13.9. The summed E-state index contributed by atoms with van der Waals surface area (Å²) in [5.41, 5.74) is 3.99. The van der Waals surface area contributed by atoms with Gasteiger partial charge >= 0.3 is 0 Å². The van der Waals surface area contributed by atoms with Crippen LogP contribution in [0.2, 0.25) is 0 Å². The van der Waals surface area contributed by atoms with Crippen LogP contribution in [0.15, 0.2) is 30.5 Å². The van der Waals surface area contributed by atoms with Gasteiger partial charge in [0, 0.05) is 18.2 Å². The number of nitrogens with one attached hydrogen (secondary N) is 1. The highest BCUT2D eigenvalue weighted by Crippen LogP contribution is 2.33. The smallest absolute Gasteiger partial charge is 0.249 e. The molecule has 1 aliphatic carbocycles. The number of fused-ring (bicyclic) bond motifs is 1. The fraction of sp³-hybridized carbons (Fsp3) is 0.444. The molecule has 1 fully saturated rings. The molecule has 2 aromatic rings. The maximum atomic E-state index is 12.5. The maximum Gasteiger partial charge on any atom is 0.249 e. The van der Waals surface area contributed by atoms with Crippen molar-refractivity contribution in [2.24, 2.45) is 5.92 Å². The van der Waals surface area contributed by atoms with Crippen molar-refractivity contribution in [2.45, 2.75) is 31.7 Å². The van der Waals surface area contributed by atoms with Crippen molar-refractivity contribution in [3.63, 3.8) is 0 Å². The van der Waals surface area contributed by atoms with Gasteiger partial charge in [-0.15, -0.1) is 0 Å². The van der Waals surface area contributed by atoms with Crippen molar-refractivity contribution in [3.8, 4) is 17.1 Å². The molecule has 7 heteroatoms. The summed E-state index contributed by atoms with van der Waals surface area (Å²) in [5, 5.41) is 18.8. The molecule has 0 saturated heterocycles. The van der Waals surface area contributed by atoms with Crippen LogP contribution in [0.5, 0.6) is 5.75 Å². The third kappa shape index (κ3) is 2.84. The lowest BCUT2D eigenvalue weighted by Crippen LogP contribution is -2.51. The first-order chi connectivity index (χ1) is 12.2. The van der Waals surface area contributed by atoms with E-state index in [1.165, 1.54) is 0 Å². The van der Waals surface area contributed by atoms with Crippen LogP contribution in [0.25, 0.3) is 11.4 Å². The van der Waals surface area contributed by atoms with E-state index in [0.717, 1.165) is 42.9 Å². The Kier molecular flexibility index (Phi) is 4.09. The lowest BCUT2D eigenvalue weighted by molar-refractivity contribution is -0.118. The Morgan fingerprint density at radius 2 is 1.88 bits per heavy atom. The van der Waals surface area contributed by atoms with Crippen LogP contribution in [0.3, 0.4) is 0 Å². The van der Waals surface area contributed by atoms with Gasteiger partial charge in [-0.2, -0.15) is 0 Å². The Labute approximate surface area is 145 Å². The van der Waals surface area contributed by atoms with Crippen LogP contribution in [0, 0.1) is 5.92 Å². The van der Waals surface area contributed by atoms with Crippen molar-refractivity contribution < 1.29 is 15.0 Å². The second kappa shape index (κ2) is 6.40. The highest BCUT2D eigenvalue weighted by Gasteiger charge is 2.34. The molecule has 0 bridgehead atoms. The van der Waals surface area contributed by atoms with Crippen LogP contribution >= 0.6 is 0 Å². The molecule has 1 aromatic carbocycles. The van der Waals surface area contributed by atoms with Crippen molar-refractivity contribution in [1.82, 2.24) is 9.66 Å². The fourth-order valence-corrected chi connectivity index (χ4v) is 3.82. The highest BCUT2D eigenvalue weighted by molar-refractivity contribution is 5.97. The predicted octanol–water partition coefficient (Wildman–Crippen LogP) is 1.70. The Hall–Kier alpha value is -2.54. The number of carbonyl (C=O) groups is 1. The molecule has 0 radical (unpaired) electrons. The third-order valence-electron chi connectivity index (χ3n) is 5.21. The number of phenolic OH excluding ortho intramolecular Hbond substituents is 1.